The van der Waals surface area contributed by atoms with Gasteiger partial charge in [-0.1, -0.05) is 29.4 Å². The lowest BCUT2D eigenvalue weighted by molar-refractivity contribution is -0.131. The topological polar surface area (TPSA) is 87.0 Å². The first-order valence-electron chi connectivity index (χ1n) is 10.3. The van der Waals surface area contributed by atoms with Crippen LogP contribution < -0.4 is 4.31 Å². The minimum Gasteiger partial charge on any atom is -0.361 e. The van der Waals surface area contributed by atoms with E-state index >= 15 is 0 Å². The van der Waals surface area contributed by atoms with Crippen LogP contribution in [0.5, 0.6) is 0 Å². The van der Waals surface area contributed by atoms with Gasteiger partial charge in [0.2, 0.25) is 5.91 Å². The number of benzene rings is 2. The van der Waals surface area contributed by atoms with Crippen LogP contribution >= 0.6 is 0 Å². The highest BCUT2D eigenvalue weighted by atomic mass is 32.2. The molecule has 1 fully saturated rings. The summed E-state index contributed by atoms with van der Waals surface area (Å²) in [6.07, 6.45) is 0. The minimum absolute atomic E-state index is 0.176. The van der Waals surface area contributed by atoms with Crippen LogP contribution in [-0.2, 0) is 21.4 Å². The zero-order valence-electron chi connectivity index (χ0n) is 17.5. The van der Waals surface area contributed by atoms with Crippen molar-refractivity contribution in [2.75, 3.05) is 37.0 Å². The Morgan fingerprint density at radius 3 is 2.45 bits per heavy atom. The third-order valence-electron chi connectivity index (χ3n) is 6.25. The monoisotopic (exact) mass is 440 g/mol. The number of carbonyl (C=O) groups is 1. The van der Waals surface area contributed by atoms with Gasteiger partial charge < -0.3 is 9.42 Å². The number of nitrogens with zero attached hydrogens (tertiary/aromatic N) is 4. The molecule has 8 nitrogen and oxygen atoms in total. The molecule has 2 aromatic carbocycles. The van der Waals surface area contributed by atoms with E-state index in [0.717, 1.165) is 42.0 Å². The standard InChI is InChI=1S/C22H24N4O4S/c1-15-18(16(2)30-23-15)13-24-9-11-25(12-10-24)21(27)14-26-19-7-3-5-17-6-4-8-20(22(17)19)31(26,28)29/h3-8H,9-14H2,1-2H3. The second kappa shape index (κ2) is 7.35. The minimum atomic E-state index is -3.73. The van der Waals surface area contributed by atoms with Crippen LogP contribution in [-0.4, -0.2) is 62.0 Å². The molecule has 0 aliphatic carbocycles. The van der Waals surface area contributed by atoms with Crippen LogP contribution in [0, 0.1) is 13.8 Å². The van der Waals surface area contributed by atoms with Crippen LogP contribution in [0.4, 0.5) is 5.69 Å². The smallest absolute Gasteiger partial charge is 0.265 e. The third kappa shape index (κ3) is 3.28. The molecule has 2 aliphatic rings. The molecule has 9 heteroatoms. The molecule has 0 spiro atoms. The first-order valence-corrected chi connectivity index (χ1v) is 11.8. The van der Waals surface area contributed by atoms with Gasteiger partial charge in [0.15, 0.2) is 0 Å². The quantitative estimate of drug-likeness (QED) is 0.619. The normalized spacial score (nSPS) is 18.1. The van der Waals surface area contributed by atoms with Crippen molar-refractivity contribution in [3.05, 3.63) is 53.4 Å². The number of carbonyl (C=O) groups excluding carboxylic acids is 1. The van der Waals surface area contributed by atoms with E-state index in [-0.39, 0.29) is 17.3 Å². The Balaban J connectivity index is 1.28. The van der Waals surface area contributed by atoms with E-state index in [9.17, 15) is 13.2 Å². The lowest BCUT2D eigenvalue weighted by Crippen LogP contribution is -2.51. The van der Waals surface area contributed by atoms with E-state index in [1.54, 1.807) is 23.1 Å². The van der Waals surface area contributed by atoms with Crippen LogP contribution in [0.3, 0.4) is 0 Å². The highest BCUT2D eigenvalue weighted by molar-refractivity contribution is 7.93. The highest BCUT2D eigenvalue weighted by Crippen LogP contribution is 2.41. The summed E-state index contributed by atoms with van der Waals surface area (Å²) >= 11 is 0. The first kappa shape index (κ1) is 20.0. The molecule has 0 bridgehead atoms. The van der Waals surface area contributed by atoms with E-state index in [0.29, 0.717) is 24.2 Å². The van der Waals surface area contributed by atoms with Crippen molar-refractivity contribution in [1.29, 1.82) is 0 Å². The Bertz CT molecular complexity index is 1250. The van der Waals surface area contributed by atoms with Gasteiger partial charge in [0.1, 0.15) is 12.3 Å². The summed E-state index contributed by atoms with van der Waals surface area (Å²) in [4.78, 5) is 17.3. The number of amides is 1. The van der Waals surface area contributed by atoms with E-state index in [4.69, 9.17) is 4.52 Å². The third-order valence-corrected chi connectivity index (χ3v) is 8.05. The van der Waals surface area contributed by atoms with Crippen LogP contribution in [0.1, 0.15) is 17.0 Å². The van der Waals surface area contributed by atoms with Crippen LogP contribution in [0.15, 0.2) is 45.8 Å². The number of anilines is 1. The number of rotatable bonds is 4. The fourth-order valence-electron chi connectivity index (χ4n) is 4.46. The van der Waals surface area contributed by atoms with Gasteiger partial charge in [-0.2, -0.15) is 0 Å². The van der Waals surface area contributed by atoms with E-state index < -0.39 is 10.0 Å². The molecule has 0 radical (unpaired) electrons. The number of aromatic nitrogens is 1. The molecule has 3 aromatic rings. The van der Waals surface area contributed by atoms with Crippen LogP contribution in [0.2, 0.25) is 0 Å². The summed E-state index contributed by atoms with van der Waals surface area (Å²) < 4.78 is 32.7. The molecule has 1 amide bonds. The van der Waals surface area contributed by atoms with Crippen molar-refractivity contribution in [3.8, 4) is 0 Å². The largest absolute Gasteiger partial charge is 0.361 e. The van der Waals surface area contributed by atoms with Crippen molar-refractivity contribution in [2.45, 2.75) is 25.3 Å². The Morgan fingerprint density at radius 1 is 1.06 bits per heavy atom. The Kier molecular flexibility index (Phi) is 4.75. The lowest BCUT2D eigenvalue weighted by atomic mass is 10.1. The molecular formula is C22H24N4O4S. The highest BCUT2D eigenvalue weighted by Gasteiger charge is 2.37. The number of hydrogen-bond donors (Lipinski definition) is 0. The van der Waals surface area contributed by atoms with Gasteiger partial charge in [0, 0.05) is 43.7 Å². The molecule has 3 heterocycles. The van der Waals surface area contributed by atoms with Gasteiger partial charge in [-0.05, 0) is 31.4 Å². The van der Waals surface area contributed by atoms with Gasteiger partial charge in [0.25, 0.3) is 10.0 Å². The Labute approximate surface area is 181 Å². The zero-order valence-corrected chi connectivity index (χ0v) is 18.4. The van der Waals surface area contributed by atoms with Crippen molar-refractivity contribution in [3.63, 3.8) is 0 Å². The SMILES string of the molecule is Cc1noc(C)c1CN1CCN(C(=O)CN2c3cccc4cccc(c34)S2(=O)=O)CC1. The summed E-state index contributed by atoms with van der Waals surface area (Å²) in [6, 6.07) is 10.7. The van der Waals surface area contributed by atoms with Crippen molar-refractivity contribution in [2.24, 2.45) is 0 Å². The maximum atomic E-state index is 13.1. The van der Waals surface area contributed by atoms with Gasteiger partial charge in [-0.25, -0.2) is 8.42 Å². The predicted molar refractivity (Wildman–Crippen MR) is 116 cm³/mol. The lowest BCUT2D eigenvalue weighted by Gasteiger charge is -2.35. The van der Waals surface area contributed by atoms with Crippen molar-refractivity contribution >= 4 is 32.4 Å². The number of piperazine rings is 1. The Hall–Kier alpha value is -2.91. The molecule has 1 saturated heterocycles. The summed E-state index contributed by atoms with van der Waals surface area (Å²) in [5, 5.41) is 5.56. The van der Waals surface area contributed by atoms with E-state index in [1.165, 1.54) is 4.31 Å². The second-order valence-corrected chi connectivity index (χ2v) is 9.93. The van der Waals surface area contributed by atoms with E-state index in [1.807, 2.05) is 32.0 Å². The molecular weight excluding hydrogens is 416 g/mol. The molecule has 2 aliphatic heterocycles. The molecule has 0 unspecified atom stereocenters. The number of aryl methyl sites for hydroxylation is 2. The fourth-order valence-corrected chi connectivity index (χ4v) is 6.12. The maximum Gasteiger partial charge on any atom is 0.265 e. The average molecular weight is 441 g/mol. The van der Waals surface area contributed by atoms with Crippen molar-refractivity contribution in [1.82, 2.24) is 15.0 Å². The predicted octanol–water partition coefficient (Wildman–Crippen LogP) is 2.30. The van der Waals surface area contributed by atoms with Crippen molar-refractivity contribution < 1.29 is 17.7 Å². The summed E-state index contributed by atoms with van der Waals surface area (Å²) in [6.45, 7) is 6.96. The first-order chi connectivity index (χ1) is 14.9. The molecule has 0 N–H and O–H groups in total. The van der Waals surface area contributed by atoms with Gasteiger partial charge in [-0.15, -0.1) is 0 Å². The van der Waals surface area contributed by atoms with E-state index in [2.05, 4.69) is 10.1 Å². The molecule has 5 rings (SSSR count). The van der Waals surface area contributed by atoms with Crippen LogP contribution in [0.25, 0.3) is 10.8 Å². The molecule has 0 atom stereocenters. The average Bonchev–Trinajstić information content (AvgIpc) is 3.19. The molecule has 162 valence electrons. The van der Waals surface area contributed by atoms with Gasteiger partial charge in [-0.3, -0.25) is 14.0 Å². The maximum absolute atomic E-state index is 13.1. The zero-order chi connectivity index (χ0) is 21.8. The molecule has 1 aromatic heterocycles. The molecule has 31 heavy (non-hydrogen) atoms. The fraction of sp³-hybridized carbons (Fsp3) is 0.364. The summed E-state index contributed by atoms with van der Waals surface area (Å²) in [5.74, 6) is 0.648. The van der Waals surface area contributed by atoms with Gasteiger partial charge >= 0.3 is 0 Å². The number of sulfonamides is 1. The second-order valence-electron chi connectivity index (χ2n) is 8.10. The summed E-state index contributed by atoms with van der Waals surface area (Å²) in [5.41, 5.74) is 2.57. The molecule has 0 saturated carbocycles. The number of hydrogen-bond acceptors (Lipinski definition) is 6. The Morgan fingerprint density at radius 2 is 1.77 bits per heavy atom. The summed E-state index contributed by atoms with van der Waals surface area (Å²) in [7, 11) is -3.73. The van der Waals surface area contributed by atoms with Gasteiger partial charge in [0.05, 0.1) is 16.3 Å².